The summed E-state index contributed by atoms with van der Waals surface area (Å²) in [5.41, 5.74) is 0.411. The Balaban J connectivity index is 2.17. The minimum Gasteiger partial charge on any atom is -0.373 e. The van der Waals surface area contributed by atoms with Gasteiger partial charge in [-0.2, -0.15) is 0 Å². The second-order valence-corrected chi connectivity index (χ2v) is 4.10. The normalized spacial score (nSPS) is 10.3. The van der Waals surface area contributed by atoms with Gasteiger partial charge in [0.15, 0.2) is 0 Å². The van der Waals surface area contributed by atoms with Crippen molar-refractivity contribution >= 4 is 11.6 Å². The Labute approximate surface area is 110 Å². The zero-order valence-corrected chi connectivity index (χ0v) is 10.7. The average molecular weight is 264 g/mol. The first-order chi connectivity index (χ1) is 9.10. The molecule has 0 aliphatic rings. The van der Waals surface area contributed by atoms with Gasteiger partial charge >= 0.3 is 0 Å². The van der Waals surface area contributed by atoms with Crippen molar-refractivity contribution in [2.45, 2.75) is 6.54 Å². The van der Waals surface area contributed by atoms with E-state index in [1.807, 2.05) is 0 Å². The molecule has 2 rings (SSSR count). The van der Waals surface area contributed by atoms with Crippen molar-refractivity contribution < 1.29 is 8.78 Å². The standard InChI is InChI=1S/C13H14F2N4/c1-16-12-6-13(18-8-17-12)19(2)7-9-3-4-10(14)5-11(9)15/h3-6,8H,7H2,1-2H3,(H,16,17,18). The van der Waals surface area contributed by atoms with E-state index in [4.69, 9.17) is 0 Å². The Morgan fingerprint density at radius 3 is 2.68 bits per heavy atom. The summed E-state index contributed by atoms with van der Waals surface area (Å²) in [6, 6.07) is 5.30. The molecule has 0 unspecified atom stereocenters. The minimum atomic E-state index is -0.580. The van der Waals surface area contributed by atoms with Gasteiger partial charge in [0.1, 0.15) is 29.6 Å². The van der Waals surface area contributed by atoms with E-state index in [1.165, 1.54) is 18.5 Å². The predicted molar refractivity (Wildman–Crippen MR) is 70.0 cm³/mol. The summed E-state index contributed by atoms with van der Waals surface area (Å²) in [4.78, 5) is 9.88. The lowest BCUT2D eigenvalue weighted by Gasteiger charge is -2.18. The van der Waals surface area contributed by atoms with Crippen molar-refractivity contribution in [3.05, 3.63) is 47.8 Å². The van der Waals surface area contributed by atoms with Crippen molar-refractivity contribution in [2.24, 2.45) is 0 Å². The zero-order valence-electron chi connectivity index (χ0n) is 10.7. The molecule has 0 amide bonds. The number of hydrogen-bond acceptors (Lipinski definition) is 4. The summed E-state index contributed by atoms with van der Waals surface area (Å²) in [6.07, 6.45) is 1.43. The molecule has 0 saturated heterocycles. The van der Waals surface area contributed by atoms with E-state index in [9.17, 15) is 8.78 Å². The van der Waals surface area contributed by atoms with Gasteiger partial charge in [-0.1, -0.05) is 6.07 Å². The van der Waals surface area contributed by atoms with E-state index in [1.54, 1.807) is 25.1 Å². The van der Waals surface area contributed by atoms with Crippen molar-refractivity contribution in [3.8, 4) is 0 Å². The van der Waals surface area contributed by atoms with Crippen LogP contribution in [0.3, 0.4) is 0 Å². The molecule has 19 heavy (non-hydrogen) atoms. The summed E-state index contributed by atoms with van der Waals surface area (Å²) < 4.78 is 26.4. The Bertz CT molecular complexity index is 574. The van der Waals surface area contributed by atoms with Crippen molar-refractivity contribution in [1.29, 1.82) is 0 Å². The van der Waals surface area contributed by atoms with E-state index < -0.39 is 11.6 Å². The highest BCUT2D eigenvalue weighted by molar-refractivity contribution is 5.47. The predicted octanol–water partition coefficient (Wildman–Crippen LogP) is 2.43. The maximum atomic E-state index is 13.6. The van der Waals surface area contributed by atoms with Gasteiger partial charge in [0.05, 0.1) is 0 Å². The molecule has 0 atom stereocenters. The van der Waals surface area contributed by atoms with Crippen LogP contribution < -0.4 is 10.2 Å². The quantitative estimate of drug-likeness (QED) is 0.920. The monoisotopic (exact) mass is 264 g/mol. The lowest BCUT2D eigenvalue weighted by Crippen LogP contribution is -2.19. The number of halogens is 2. The number of nitrogens with zero attached hydrogens (tertiary/aromatic N) is 3. The molecule has 0 bridgehead atoms. The van der Waals surface area contributed by atoms with E-state index in [0.717, 1.165) is 6.07 Å². The summed E-state index contributed by atoms with van der Waals surface area (Å²) in [6.45, 7) is 0.298. The molecule has 1 heterocycles. The first-order valence-electron chi connectivity index (χ1n) is 5.75. The number of nitrogens with one attached hydrogen (secondary N) is 1. The first-order valence-corrected chi connectivity index (χ1v) is 5.75. The molecule has 2 aromatic rings. The Morgan fingerprint density at radius 2 is 2.00 bits per heavy atom. The maximum Gasteiger partial charge on any atom is 0.134 e. The van der Waals surface area contributed by atoms with E-state index >= 15 is 0 Å². The molecule has 0 spiro atoms. The van der Waals surface area contributed by atoms with Gasteiger partial charge in [0.2, 0.25) is 0 Å². The Kier molecular flexibility index (Phi) is 3.89. The topological polar surface area (TPSA) is 41.0 Å². The van der Waals surface area contributed by atoms with Gasteiger partial charge in [-0.05, 0) is 6.07 Å². The fraction of sp³-hybridized carbons (Fsp3) is 0.231. The van der Waals surface area contributed by atoms with Crippen LogP contribution in [0.4, 0.5) is 20.4 Å². The fourth-order valence-corrected chi connectivity index (χ4v) is 1.68. The largest absolute Gasteiger partial charge is 0.373 e. The molecule has 1 N–H and O–H groups in total. The lowest BCUT2D eigenvalue weighted by atomic mass is 10.2. The van der Waals surface area contributed by atoms with Crippen molar-refractivity contribution in [3.63, 3.8) is 0 Å². The number of anilines is 2. The van der Waals surface area contributed by atoms with Crippen molar-refractivity contribution in [1.82, 2.24) is 9.97 Å². The number of benzene rings is 1. The summed E-state index contributed by atoms with van der Waals surface area (Å²) >= 11 is 0. The third-order valence-electron chi connectivity index (χ3n) is 2.72. The number of hydrogen-bond donors (Lipinski definition) is 1. The molecular weight excluding hydrogens is 250 g/mol. The number of rotatable bonds is 4. The highest BCUT2D eigenvalue weighted by Gasteiger charge is 2.09. The molecule has 1 aromatic heterocycles. The van der Waals surface area contributed by atoms with Crippen LogP contribution >= 0.6 is 0 Å². The SMILES string of the molecule is CNc1cc(N(C)Cc2ccc(F)cc2F)ncn1. The molecule has 0 radical (unpaired) electrons. The summed E-state index contributed by atoms with van der Waals surface area (Å²) in [5, 5.41) is 2.90. The molecule has 100 valence electrons. The molecule has 4 nitrogen and oxygen atoms in total. The molecule has 1 aromatic carbocycles. The van der Waals surface area contributed by atoms with Crippen LogP contribution in [0.2, 0.25) is 0 Å². The van der Waals surface area contributed by atoms with Crippen LogP contribution in [0.25, 0.3) is 0 Å². The van der Waals surface area contributed by atoms with Crippen LogP contribution in [-0.4, -0.2) is 24.1 Å². The van der Waals surface area contributed by atoms with Crippen LogP contribution in [0, 0.1) is 11.6 Å². The molecule has 0 aliphatic carbocycles. The maximum absolute atomic E-state index is 13.6. The molecule has 0 aliphatic heterocycles. The molecule has 6 heteroatoms. The fourth-order valence-electron chi connectivity index (χ4n) is 1.68. The third kappa shape index (κ3) is 3.15. The smallest absolute Gasteiger partial charge is 0.134 e. The van der Waals surface area contributed by atoms with Crippen LogP contribution in [-0.2, 0) is 6.54 Å². The van der Waals surface area contributed by atoms with Gasteiger partial charge < -0.3 is 10.2 Å². The van der Waals surface area contributed by atoms with Gasteiger partial charge in [-0.25, -0.2) is 18.7 Å². The van der Waals surface area contributed by atoms with Crippen LogP contribution in [0.15, 0.2) is 30.6 Å². The van der Waals surface area contributed by atoms with Gasteiger partial charge in [0.25, 0.3) is 0 Å². The lowest BCUT2D eigenvalue weighted by molar-refractivity contribution is 0.571. The van der Waals surface area contributed by atoms with Crippen LogP contribution in [0.5, 0.6) is 0 Å². The van der Waals surface area contributed by atoms with Gasteiger partial charge in [0, 0.05) is 38.3 Å². The molecule has 0 fully saturated rings. The second-order valence-electron chi connectivity index (χ2n) is 4.10. The molecular formula is C13H14F2N4. The molecule has 0 saturated carbocycles. The Morgan fingerprint density at radius 1 is 1.21 bits per heavy atom. The van der Waals surface area contributed by atoms with Gasteiger partial charge in [-0.15, -0.1) is 0 Å². The van der Waals surface area contributed by atoms with Gasteiger partial charge in [-0.3, -0.25) is 0 Å². The third-order valence-corrected chi connectivity index (χ3v) is 2.72. The van der Waals surface area contributed by atoms with E-state index in [-0.39, 0.29) is 0 Å². The average Bonchev–Trinajstić information content (AvgIpc) is 2.42. The van der Waals surface area contributed by atoms with Crippen molar-refractivity contribution in [2.75, 3.05) is 24.3 Å². The highest BCUT2D eigenvalue weighted by atomic mass is 19.1. The first kappa shape index (κ1) is 13.2. The van der Waals surface area contributed by atoms with E-state index in [2.05, 4.69) is 15.3 Å². The second kappa shape index (κ2) is 5.60. The van der Waals surface area contributed by atoms with E-state index in [0.29, 0.717) is 23.7 Å². The summed E-state index contributed by atoms with van der Waals surface area (Å²) in [5.74, 6) is 0.192. The Hall–Kier alpha value is -2.24. The minimum absolute atomic E-state index is 0.298. The highest BCUT2D eigenvalue weighted by Crippen LogP contribution is 2.17. The van der Waals surface area contributed by atoms with Crippen LogP contribution in [0.1, 0.15) is 5.56 Å². The zero-order chi connectivity index (χ0) is 13.8. The summed E-state index contributed by atoms with van der Waals surface area (Å²) in [7, 11) is 3.54. The number of aromatic nitrogens is 2.